The summed E-state index contributed by atoms with van der Waals surface area (Å²) in [6, 6.07) is 3.79. The fourth-order valence-electron chi connectivity index (χ4n) is 2.76. The molecule has 0 aliphatic rings. The number of aryl methyl sites for hydroxylation is 2. The van der Waals surface area contributed by atoms with Gasteiger partial charge in [-0.25, -0.2) is 0 Å². The van der Waals surface area contributed by atoms with Gasteiger partial charge in [0.1, 0.15) is 0 Å². The van der Waals surface area contributed by atoms with E-state index in [2.05, 4.69) is 26.1 Å². The average molecular weight is 316 g/mol. The van der Waals surface area contributed by atoms with Crippen LogP contribution >= 0.6 is 18.9 Å². The van der Waals surface area contributed by atoms with Gasteiger partial charge in [0, 0.05) is 0 Å². The van der Waals surface area contributed by atoms with Gasteiger partial charge in [0.15, 0.2) is 0 Å². The number of hydrogen-bond donors (Lipinski definition) is 1. The Morgan fingerprint density at radius 3 is 1.95 bits per heavy atom. The van der Waals surface area contributed by atoms with E-state index < -0.39 is 7.26 Å². The molecule has 0 saturated carbocycles. The summed E-state index contributed by atoms with van der Waals surface area (Å²) in [4.78, 5) is 12.4. The van der Waals surface area contributed by atoms with Crippen molar-refractivity contribution in [3.8, 4) is 0 Å². The van der Waals surface area contributed by atoms with Gasteiger partial charge in [-0.1, -0.05) is 0 Å². The summed E-state index contributed by atoms with van der Waals surface area (Å²) in [5, 5.41) is 3.82. The van der Waals surface area contributed by atoms with Crippen LogP contribution in [0.4, 0.5) is 5.69 Å². The van der Waals surface area contributed by atoms with Gasteiger partial charge in [-0.15, -0.1) is 0 Å². The Hall–Kier alpha value is -0.590. The molecule has 0 aliphatic heterocycles. The van der Waals surface area contributed by atoms with Crippen LogP contribution in [0.5, 0.6) is 0 Å². The average Bonchev–Trinajstić information content (AvgIpc) is 2.40. The minimum atomic E-state index is -1.42. The molecule has 0 spiro atoms. The van der Waals surface area contributed by atoms with Crippen LogP contribution in [0.3, 0.4) is 0 Å². The molecule has 0 aliphatic carbocycles. The molecule has 0 aromatic heterocycles. The molecule has 114 valence electrons. The third-order valence-corrected chi connectivity index (χ3v) is 10.3. The topological polar surface area (TPSA) is 29.1 Å². The summed E-state index contributed by atoms with van der Waals surface area (Å²) in [5.74, 6) is 0.163. The van der Waals surface area contributed by atoms with E-state index in [0.717, 1.165) is 28.0 Å². The molecule has 20 heavy (non-hydrogen) atoms. The summed E-state index contributed by atoms with van der Waals surface area (Å²) in [5.41, 5.74) is 2.98. The number of carbonyl (C=O) groups is 1. The van der Waals surface area contributed by atoms with Gasteiger partial charge in [0.25, 0.3) is 0 Å². The third-order valence-electron chi connectivity index (χ3n) is 4.55. The molecule has 0 heterocycles. The van der Waals surface area contributed by atoms with Crippen molar-refractivity contribution in [2.24, 2.45) is 0 Å². The minimum absolute atomic E-state index is 0.163. The third kappa shape index (κ3) is 4.20. The van der Waals surface area contributed by atoms with Crippen LogP contribution in [-0.4, -0.2) is 30.6 Å². The van der Waals surface area contributed by atoms with Crippen molar-refractivity contribution in [2.45, 2.75) is 34.6 Å². The van der Waals surface area contributed by atoms with Crippen LogP contribution in [0.25, 0.3) is 0 Å². The number of amides is 1. The Balaban J connectivity index is 2.87. The van der Waals surface area contributed by atoms with E-state index in [4.69, 9.17) is 11.6 Å². The molecular weight excluding hydrogens is 289 g/mol. The van der Waals surface area contributed by atoms with Crippen molar-refractivity contribution < 1.29 is 4.79 Å². The molecule has 4 heteroatoms. The van der Waals surface area contributed by atoms with Gasteiger partial charge in [-0.05, 0) is 0 Å². The Bertz CT molecular complexity index is 452. The zero-order valence-electron chi connectivity index (χ0n) is 13.3. The van der Waals surface area contributed by atoms with Gasteiger partial charge < -0.3 is 0 Å². The molecule has 0 unspecified atom stereocenters. The molecule has 0 bridgehead atoms. The fourth-order valence-corrected chi connectivity index (χ4v) is 6.10. The Morgan fingerprint density at radius 1 is 1.10 bits per heavy atom. The summed E-state index contributed by atoms with van der Waals surface area (Å²) in [7, 11) is -1.42. The number of benzene rings is 1. The van der Waals surface area contributed by atoms with E-state index in [1.165, 1.54) is 18.5 Å². The van der Waals surface area contributed by atoms with E-state index >= 15 is 0 Å². The summed E-state index contributed by atoms with van der Waals surface area (Å²) < 4.78 is 0. The first kappa shape index (κ1) is 17.5. The number of hydrogen-bond acceptors (Lipinski definition) is 1. The molecule has 1 aromatic rings. The van der Waals surface area contributed by atoms with Crippen molar-refractivity contribution in [1.82, 2.24) is 0 Å². The Morgan fingerprint density at radius 2 is 1.55 bits per heavy atom. The van der Waals surface area contributed by atoms with Crippen LogP contribution in [0.15, 0.2) is 12.1 Å². The van der Waals surface area contributed by atoms with Crippen molar-refractivity contribution >= 4 is 30.5 Å². The summed E-state index contributed by atoms with van der Waals surface area (Å²) in [6.07, 6.45) is 4.24. The van der Waals surface area contributed by atoms with Crippen LogP contribution in [-0.2, 0) is 4.79 Å². The van der Waals surface area contributed by atoms with E-state index in [0.29, 0.717) is 0 Å². The second-order valence-corrected chi connectivity index (χ2v) is 11.6. The van der Waals surface area contributed by atoms with Crippen molar-refractivity contribution in [1.29, 1.82) is 0 Å². The Labute approximate surface area is 128 Å². The first-order chi connectivity index (χ1) is 9.37. The quantitative estimate of drug-likeness (QED) is 0.757. The fraction of sp³-hybridized carbons (Fsp3) is 0.562. The van der Waals surface area contributed by atoms with Crippen molar-refractivity contribution in [3.63, 3.8) is 0 Å². The molecule has 2 nitrogen and oxygen atoms in total. The van der Waals surface area contributed by atoms with Crippen LogP contribution in [0.1, 0.15) is 31.9 Å². The zero-order chi connectivity index (χ0) is 15.3. The zero-order valence-corrected chi connectivity index (χ0v) is 15.0. The van der Waals surface area contributed by atoms with Crippen LogP contribution in [0.2, 0.25) is 5.02 Å². The second kappa shape index (κ2) is 7.43. The molecule has 0 saturated heterocycles. The first-order valence-electron chi connectivity index (χ1n) is 7.44. The predicted octanol–water partition coefficient (Wildman–Crippen LogP) is 4.70. The van der Waals surface area contributed by atoms with E-state index in [1.54, 1.807) is 0 Å². The van der Waals surface area contributed by atoms with Crippen molar-refractivity contribution in [3.05, 3.63) is 28.3 Å². The van der Waals surface area contributed by atoms with E-state index in [-0.39, 0.29) is 5.91 Å². The molecule has 1 aromatic carbocycles. The summed E-state index contributed by atoms with van der Waals surface area (Å²) >= 11 is 6.03. The van der Waals surface area contributed by atoms with Crippen LogP contribution < -0.4 is 5.32 Å². The molecule has 0 radical (unpaired) electrons. The van der Waals surface area contributed by atoms with Gasteiger partial charge in [-0.2, -0.15) is 0 Å². The number of rotatable bonds is 6. The predicted molar refractivity (Wildman–Crippen MR) is 94.4 cm³/mol. The maximum absolute atomic E-state index is 12.4. The van der Waals surface area contributed by atoms with Gasteiger partial charge >= 0.3 is 128 Å². The van der Waals surface area contributed by atoms with Crippen LogP contribution in [0, 0.1) is 13.8 Å². The molecule has 0 fully saturated rings. The number of carbonyl (C=O) groups excluding carboxylic acids is 1. The SMILES string of the molecule is CC[PH](CC)(CC)CC(=O)Nc1c(C)cc(Cl)cc1C. The molecular formula is C16H27ClNOP. The Kier molecular flexibility index (Phi) is 6.48. The molecule has 0 atom stereocenters. The standard InChI is InChI=1S/C16H27ClNOP/c1-6-20(7-2,8-3)11-15(19)18-16-12(4)9-14(17)10-13(16)5/h9-10,20H,6-8,11H2,1-5H3,(H,18,19). The van der Waals surface area contributed by atoms with Crippen molar-refractivity contribution in [2.75, 3.05) is 30.0 Å². The number of nitrogens with one attached hydrogen (secondary N) is 1. The van der Waals surface area contributed by atoms with Gasteiger partial charge in [0.2, 0.25) is 0 Å². The monoisotopic (exact) mass is 315 g/mol. The van der Waals surface area contributed by atoms with Gasteiger partial charge in [-0.3, -0.25) is 0 Å². The van der Waals surface area contributed by atoms with Gasteiger partial charge in [0.05, 0.1) is 0 Å². The summed E-state index contributed by atoms with van der Waals surface area (Å²) in [6.45, 7) is 10.7. The number of halogens is 1. The number of anilines is 1. The molecule has 1 amide bonds. The van der Waals surface area contributed by atoms with E-state index in [1.807, 2.05) is 26.0 Å². The normalized spacial score (nSPS) is 12.3. The van der Waals surface area contributed by atoms with E-state index in [9.17, 15) is 4.79 Å². The second-order valence-electron chi connectivity index (χ2n) is 5.70. The maximum atomic E-state index is 12.4. The molecule has 1 N–H and O–H groups in total. The molecule has 1 rings (SSSR count). The first-order valence-corrected chi connectivity index (χ1v) is 10.6.